The van der Waals surface area contributed by atoms with Gasteiger partial charge in [-0.05, 0) is 130 Å². The van der Waals surface area contributed by atoms with Crippen LogP contribution in [0.2, 0.25) is 19.6 Å². The molecule has 8 N–H and O–H groups in total. The van der Waals surface area contributed by atoms with Crippen LogP contribution in [0.4, 0.5) is 19.2 Å². The van der Waals surface area contributed by atoms with Crippen LogP contribution in [0.25, 0.3) is 11.1 Å². The first-order valence-corrected chi connectivity index (χ1v) is 42.9. The van der Waals surface area contributed by atoms with E-state index >= 15 is 0 Å². The summed E-state index contributed by atoms with van der Waals surface area (Å²) >= 11 is 4.97. The number of amides is 3. The van der Waals surface area contributed by atoms with Crippen LogP contribution < -0.4 is 10.6 Å². The molecule has 688 valence electrons. The fourth-order valence-electron chi connectivity index (χ4n) is 11.1. The van der Waals surface area contributed by atoms with E-state index in [2.05, 4.69) is 54.1 Å². The lowest BCUT2D eigenvalue weighted by molar-refractivity contribution is -0.165. The van der Waals surface area contributed by atoms with Crippen LogP contribution in [0, 0.1) is 0 Å². The van der Waals surface area contributed by atoms with Gasteiger partial charge in [0.1, 0.15) is 68.5 Å². The third kappa shape index (κ3) is 46.4. The molecule has 39 nitrogen and oxygen atoms in total. The normalized spacial score (nSPS) is 19.4. The van der Waals surface area contributed by atoms with E-state index < -0.39 is 145 Å². The number of halogens is 1. The van der Waals surface area contributed by atoms with Gasteiger partial charge in [-0.25, -0.2) is 47.9 Å². The summed E-state index contributed by atoms with van der Waals surface area (Å²) in [7, 11) is 3.59. The van der Waals surface area contributed by atoms with Crippen molar-refractivity contribution in [3.05, 3.63) is 155 Å². The van der Waals surface area contributed by atoms with Crippen molar-refractivity contribution in [2.24, 2.45) is 0 Å². The van der Waals surface area contributed by atoms with Crippen molar-refractivity contribution < 1.29 is 155 Å². The number of nitrogens with zero attached hydrogens (tertiary/aromatic N) is 7. The van der Waals surface area contributed by atoms with E-state index in [0.717, 1.165) is 34.3 Å². The highest BCUT2D eigenvalue weighted by molar-refractivity contribution is 6.98. The van der Waals surface area contributed by atoms with Gasteiger partial charge >= 0.3 is 77.7 Å². The number of aliphatic hydroxyl groups is 4. The molecule has 5 fully saturated rings. The SMILES string of the molecule is CC(C)(C)OC(=O)C=[N+]=[N-].CO.COC(=O)[C@@H]1[C@@H](O)CCN1C(=O)OCc1ccccc1.COC(=O)[C@@H]1[C@@H](OCC(=O)OC(C)(C)C)CCN1C(=O)OCc1ccccc1.COC(=O)[C@H]1NCC[C@@H]1OCC(=O)OC(C)(C)C.C[Si](C)(C)C=[N+]=[N-].O=C(Cl)OCc1ccccc1.O=C(O)[C@@H]1[C@@H](O)CCN1C(=O)OCc1ccccc1.O=C(O)[C@H]1NCC[C@@H]1O. The summed E-state index contributed by atoms with van der Waals surface area (Å²) in [6.45, 7) is 24.2. The van der Waals surface area contributed by atoms with Crippen molar-refractivity contribution in [2.75, 3.05) is 74.4 Å². The van der Waals surface area contributed by atoms with Crippen molar-refractivity contribution in [3.8, 4) is 0 Å². The summed E-state index contributed by atoms with van der Waals surface area (Å²) in [5.74, 6) is -3.81. The third-order valence-corrected chi connectivity index (χ3v) is 17.5. The van der Waals surface area contributed by atoms with Gasteiger partial charge in [-0.15, -0.1) is 0 Å². The molecule has 5 heterocycles. The number of hydrogen-bond donors (Lipinski definition) is 8. The van der Waals surface area contributed by atoms with Crippen molar-refractivity contribution in [1.82, 2.24) is 25.3 Å². The lowest BCUT2D eigenvalue weighted by atomic mass is 10.1. The molecule has 3 amide bonds. The predicted octanol–water partition coefficient (Wildman–Crippen LogP) is 7.08. The number of methoxy groups -OCH3 is 3. The number of carbonyl (C=O) groups excluding carboxylic acids is 10. The number of rotatable bonds is 21. The van der Waals surface area contributed by atoms with Gasteiger partial charge in [-0.1, -0.05) is 141 Å². The number of hydrogen-bond acceptors (Lipinski definition) is 30. The summed E-state index contributed by atoms with van der Waals surface area (Å²) in [6.07, 6.45) is -2.77. The predicted molar refractivity (Wildman–Crippen MR) is 448 cm³/mol. The Morgan fingerprint density at radius 2 is 0.798 bits per heavy atom. The molecule has 0 spiro atoms. The monoisotopic (exact) mass is 1790 g/mol. The fourth-order valence-corrected chi connectivity index (χ4v) is 11.5. The highest BCUT2D eigenvalue weighted by Crippen LogP contribution is 2.26. The Kier molecular flexibility index (Phi) is 51.9. The second kappa shape index (κ2) is 58.1. The molecule has 41 heteroatoms. The molecule has 0 aromatic heterocycles. The summed E-state index contributed by atoms with van der Waals surface area (Å²) in [5.41, 5.74) is 16.9. The van der Waals surface area contributed by atoms with E-state index in [9.17, 15) is 67.7 Å². The van der Waals surface area contributed by atoms with Crippen molar-refractivity contribution in [2.45, 2.75) is 218 Å². The van der Waals surface area contributed by atoms with Crippen molar-refractivity contribution >= 4 is 103 Å². The molecule has 5 aliphatic heterocycles. The Labute approximate surface area is 726 Å². The largest absolute Gasteiger partial charge is 0.480 e. The molecule has 4 aromatic carbocycles. The number of nitrogens with one attached hydrogen (secondary N) is 2. The molecule has 5 saturated heterocycles. The second-order valence-electron chi connectivity index (χ2n) is 31.1. The van der Waals surface area contributed by atoms with Gasteiger partial charge in [0.25, 0.3) is 0 Å². The Hall–Kier alpha value is -11.1. The molecular weight excluding hydrogens is 1670 g/mol. The van der Waals surface area contributed by atoms with Crippen LogP contribution in [0.5, 0.6) is 0 Å². The maximum Gasteiger partial charge on any atom is 0.414 e. The standard InChI is InChI=1S/C20H27NO7.C14H17NO5.C13H15NO5.C12H21NO5.C8H7ClO2.C6H10N2O2.C5H9NO3.C4H10N2Si.CH4O/c1-20(2,3)28-16(22)13-26-15-10-11-21(17(15)18(23)25-4)19(24)27-12-14-8-6-5-7-9-14;1-19-13(17)12-11(16)7-8-15(12)14(18)20-9-10-5-3-2-4-6-10;15-10-6-7-14(11(10)12(16)17)13(18)19-8-9-4-2-1-3-5-9;1-12(2,3)18-9(14)7-17-8-5-6-13-10(8)11(15)16-4;9-8(10)11-6-7-4-2-1-3-5-7;1-6(2,3)10-5(9)4-8-7;7-3-1-2-6-4(3)5(8)9;1-7(2,3)4-6-5;1-2/h5-9,15,17H,10-13H2,1-4H3;2-6,11-12,16H,7-9H2,1H3;1-5,10-11,15H,6-8H2,(H,16,17);8,10,13H,5-7H2,1-4H3;1-5H,6H2;4H,1-3H3;3-4,6-7H,1-2H2,(H,8,9);4H,1-3H3;2H,1H3/t15-,17-;11-,12-;10-,11-;8-,10-;;;3-,4-;;/m0000..0../s1. The van der Waals surface area contributed by atoms with E-state index in [-0.39, 0.29) is 77.8 Å². The molecule has 0 bridgehead atoms. The van der Waals surface area contributed by atoms with Crippen LogP contribution in [0.15, 0.2) is 121 Å². The van der Waals surface area contributed by atoms with Crippen LogP contribution in [0.3, 0.4) is 0 Å². The average molecular weight is 1790 g/mol. The number of likely N-dealkylation sites (tertiary alicyclic amines) is 3. The van der Waals surface area contributed by atoms with Gasteiger partial charge < -0.3 is 109 Å². The Morgan fingerprint density at radius 3 is 1.12 bits per heavy atom. The minimum atomic E-state index is -1.22. The van der Waals surface area contributed by atoms with Gasteiger partial charge in [-0.3, -0.25) is 24.3 Å². The zero-order valence-corrected chi connectivity index (χ0v) is 74.5. The number of carboxylic acids is 2. The van der Waals surface area contributed by atoms with Gasteiger partial charge in [0.05, 0.1) is 51.8 Å². The summed E-state index contributed by atoms with van der Waals surface area (Å²) in [6, 6.07) is 32.5. The smallest absolute Gasteiger partial charge is 0.414 e. The lowest BCUT2D eigenvalue weighted by Gasteiger charge is -2.25. The summed E-state index contributed by atoms with van der Waals surface area (Å²) in [4.78, 5) is 146. The summed E-state index contributed by atoms with van der Waals surface area (Å²) in [5, 5.41) is 58.2. The number of benzene rings is 4. The third-order valence-electron chi connectivity index (χ3n) is 16.5. The first kappa shape index (κ1) is 111. The Balaban J connectivity index is 0.000000731. The first-order valence-electron chi connectivity index (χ1n) is 39.0. The number of carbonyl (C=O) groups is 12. The molecule has 9 rings (SSSR count). The molecule has 5 aliphatic rings. The number of esters is 6. The van der Waals surface area contributed by atoms with Crippen LogP contribution >= 0.6 is 11.6 Å². The zero-order chi connectivity index (χ0) is 93.9. The molecule has 0 saturated carbocycles. The summed E-state index contributed by atoms with van der Waals surface area (Å²) < 4.78 is 60.2. The average Bonchev–Trinajstić information content (AvgIpc) is 1.69. The van der Waals surface area contributed by atoms with Crippen LogP contribution in [-0.2, 0) is 122 Å². The molecule has 124 heavy (non-hydrogen) atoms. The number of carboxylic acid groups (broad SMARTS) is 2. The fraction of sp³-hybridized carbons (Fsp3) is 0.542. The van der Waals surface area contributed by atoms with Gasteiger partial charge in [0.15, 0.2) is 26.2 Å². The number of aliphatic hydroxyl groups excluding tert-OH is 4. The highest BCUT2D eigenvalue weighted by atomic mass is 35.5. The quantitative estimate of drug-likeness (QED) is 0.00785. The molecule has 0 aliphatic carbocycles. The van der Waals surface area contributed by atoms with Gasteiger partial charge in [0.2, 0.25) is 5.84 Å². The Bertz CT molecular complexity index is 4030. The van der Waals surface area contributed by atoms with Crippen molar-refractivity contribution in [1.29, 1.82) is 0 Å². The van der Waals surface area contributed by atoms with Crippen LogP contribution in [0.1, 0.15) is 117 Å². The van der Waals surface area contributed by atoms with Crippen LogP contribution in [-0.4, -0.2) is 298 Å². The molecule has 0 radical (unpaired) electrons. The highest BCUT2D eigenvalue weighted by Gasteiger charge is 2.46. The lowest BCUT2D eigenvalue weighted by Crippen LogP contribution is -2.47. The van der Waals surface area contributed by atoms with E-state index in [0.29, 0.717) is 45.0 Å². The second-order valence-corrected chi connectivity index (χ2v) is 36.4. The zero-order valence-electron chi connectivity index (χ0n) is 72.8. The minimum absolute atomic E-state index is 0.0820. The molecule has 4 aromatic rings. The van der Waals surface area contributed by atoms with Gasteiger partial charge in [-0.2, -0.15) is 9.58 Å². The minimum Gasteiger partial charge on any atom is -0.480 e. The number of aliphatic carboxylic acids is 2. The first-order chi connectivity index (χ1) is 58.3. The van der Waals surface area contributed by atoms with E-state index in [1.807, 2.05) is 109 Å². The molecule has 0 unspecified atom stereocenters. The molecule has 10 atom stereocenters. The maximum absolute atomic E-state index is 12.5. The van der Waals surface area contributed by atoms with E-state index in [1.54, 1.807) is 80.3 Å². The maximum atomic E-state index is 12.5. The van der Waals surface area contributed by atoms with Crippen molar-refractivity contribution in [3.63, 3.8) is 0 Å². The molecular formula is C83H120ClN9O30Si. The topological polar surface area (TPSA) is 544 Å². The van der Waals surface area contributed by atoms with Gasteiger partial charge in [0, 0.05) is 38.3 Å². The number of ether oxygens (including phenoxy) is 12. The van der Waals surface area contributed by atoms with E-state index in [1.165, 1.54) is 31.1 Å². The Morgan fingerprint density at radius 1 is 0.452 bits per heavy atom. The van der Waals surface area contributed by atoms with E-state index in [4.69, 9.17) is 85.7 Å².